The number of nitro groups is 1. The summed E-state index contributed by atoms with van der Waals surface area (Å²) in [6.45, 7) is 2.62. The fourth-order valence-corrected chi connectivity index (χ4v) is 4.76. The van der Waals surface area contributed by atoms with E-state index in [-0.39, 0.29) is 10.6 Å². The molecule has 1 saturated heterocycles. The first-order valence-corrected chi connectivity index (χ1v) is 10.9. The zero-order chi connectivity index (χ0) is 21.9. The van der Waals surface area contributed by atoms with Gasteiger partial charge in [0.1, 0.15) is 12.1 Å². The number of pyridine rings is 2. The van der Waals surface area contributed by atoms with E-state index in [4.69, 9.17) is 0 Å². The van der Waals surface area contributed by atoms with Crippen molar-refractivity contribution < 1.29 is 4.92 Å². The summed E-state index contributed by atoms with van der Waals surface area (Å²) in [5.41, 5.74) is 0.718. The van der Waals surface area contributed by atoms with E-state index in [0.717, 1.165) is 21.6 Å². The molecular formula is C22H19N7O2S. The molecule has 5 rings (SSSR count). The number of fused-ring (bicyclic) bond motifs is 1. The van der Waals surface area contributed by atoms with Crippen molar-refractivity contribution in [2.45, 2.75) is 9.92 Å². The molecular weight excluding hydrogens is 426 g/mol. The average molecular weight is 446 g/mol. The summed E-state index contributed by atoms with van der Waals surface area (Å²) < 4.78 is 0. The Morgan fingerprint density at radius 2 is 1.62 bits per heavy atom. The van der Waals surface area contributed by atoms with Gasteiger partial charge in [0.25, 0.3) is 0 Å². The third-order valence-corrected chi connectivity index (χ3v) is 6.35. The predicted molar refractivity (Wildman–Crippen MR) is 123 cm³/mol. The molecule has 0 amide bonds. The summed E-state index contributed by atoms with van der Waals surface area (Å²) in [4.78, 5) is 34.0. The van der Waals surface area contributed by atoms with E-state index in [1.165, 1.54) is 18.1 Å². The molecule has 9 nitrogen and oxygen atoms in total. The molecule has 4 heterocycles. The first-order valence-electron chi connectivity index (χ1n) is 10.1. The number of anilines is 2. The highest BCUT2D eigenvalue weighted by atomic mass is 32.2. The van der Waals surface area contributed by atoms with Crippen molar-refractivity contribution in [3.05, 3.63) is 77.4 Å². The smallest absolute Gasteiger partial charge is 0.343 e. The van der Waals surface area contributed by atoms with Crippen LogP contribution in [0, 0.1) is 10.1 Å². The van der Waals surface area contributed by atoms with Crippen LogP contribution in [0.3, 0.4) is 0 Å². The summed E-state index contributed by atoms with van der Waals surface area (Å²) in [7, 11) is 0. The van der Waals surface area contributed by atoms with Crippen molar-refractivity contribution >= 4 is 40.0 Å². The van der Waals surface area contributed by atoms with Crippen molar-refractivity contribution in [3.63, 3.8) is 0 Å². The van der Waals surface area contributed by atoms with Gasteiger partial charge in [-0.25, -0.2) is 15.0 Å². The predicted octanol–water partition coefficient (Wildman–Crippen LogP) is 3.81. The maximum atomic E-state index is 12.1. The van der Waals surface area contributed by atoms with E-state index in [0.29, 0.717) is 37.0 Å². The van der Waals surface area contributed by atoms with Crippen molar-refractivity contribution in [2.75, 3.05) is 36.0 Å². The summed E-state index contributed by atoms with van der Waals surface area (Å²) in [6.07, 6.45) is 4.88. The fourth-order valence-electron chi connectivity index (χ4n) is 3.77. The van der Waals surface area contributed by atoms with Crippen LogP contribution >= 0.6 is 11.8 Å². The first kappa shape index (κ1) is 20.1. The van der Waals surface area contributed by atoms with Gasteiger partial charge < -0.3 is 9.80 Å². The van der Waals surface area contributed by atoms with Gasteiger partial charge in [-0.1, -0.05) is 36.0 Å². The molecule has 160 valence electrons. The SMILES string of the molecule is O=[N+]([O-])c1c(Sc2cccc3cccnc23)ncnc1N1CCN(c2ccccn2)CC1. The highest BCUT2D eigenvalue weighted by Crippen LogP contribution is 2.40. The Morgan fingerprint density at radius 3 is 2.41 bits per heavy atom. The zero-order valence-electron chi connectivity index (χ0n) is 17.0. The fraction of sp³-hybridized carbons (Fsp3) is 0.182. The molecule has 0 bridgehead atoms. The first-order chi connectivity index (χ1) is 15.7. The number of nitrogens with zero attached hydrogens (tertiary/aromatic N) is 7. The lowest BCUT2D eigenvalue weighted by molar-refractivity contribution is -0.387. The summed E-state index contributed by atoms with van der Waals surface area (Å²) in [5.74, 6) is 1.26. The quantitative estimate of drug-likeness (QED) is 0.258. The van der Waals surface area contributed by atoms with E-state index >= 15 is 0 Å². The second-order valence-corrected chi connectivity index (χ2v) is 8.23. The zero-order valence-corrected chi connectivity index (χ0v) is 17.9. The van der Waals surface area contributed by atoms with Crippen molar-refractivity contribution in [3.8, 4) is 0 Å². The van der Waals surface area contributed by atoms with E-state index in [1.807, 2.05) is 53.4 Å². The van der Waals surface area contributed by atoms with E-state index in [9.17, 15) is 10.1 Å². The monoisotopic (exact) mass is 445 g/mol. The number of rotatable bonds is 5. The van der Waals surface area contributed by atoms with Crippen LogP contribution in [0.15, 0.2) is 77.2 Å². The van der Waals surface area contributed by atoms with Crippen molar-refractivity contribution in [2.24, 2.45) is 0 Å². The Kier molecular flexibility index (Phi) is 5.51. The maximum absolute atomic E-state index is 12.1. The minimum absolute atomic E-state index is 0.0725. The molecule has 3 aromatic heterocycles. The van der Waals surface area contributed by atoms with Crippen LogP contribution in [0.25, 0.3) is 10.9 Å². The minimum atomic E-state index is -0.388. The Hall–Kier alpha value is -3.79. The van der Waals surface area contributed by atoms with Gasteiger partial charge in [-0.3, -0.25) is 15.1 Å². The van der Waals surface area contributed by atoms with Gasteiger partial charge in [-0.2, -0.15) is 0 Å². The van der Waals surface area contributed by atoms with Crippen molar-refractivity contribution in [1.29, 1.82) is 0 Å². The molecule has 10 heteroatoms. The van der Waals surface area contributed by atoms with Gasteiger partial charge in [0, 0.05) is 48.9 Å². The summed E-state index contributed by atoms with van der Waals surface area (Å²) >= 11 is 1.25. The Balaban J connectivity index is 1.43. The minimum Gasteiger partial charge on any atom is -0.353 e. The third kappa shape index (κ3) is 3.92. The molecule has 0 radical (unpaired) electrons. The molecule has 4 aromatic rings. The van der Waals surface area contributed by atoms with Gasteiger partial charge in [0.05, 0.1) is 10.4 Å². The number of hydrogen-bond donors (Lipinski definition) is 0. The number of aromatic nitrogens is 4. The Bertz CT molecular complexity index is 1260. The van der Waals surface area contributed by atoms with Gasteiger partial charge >= 0.3 is 5.69 Å². The third-order valence-electron chi connectivity index (χ3n) is 5.31. The molecule has 0 saturated carbocycles. The molecule has 1 aliphatic heterocycles. The molecule has 0 N–H and O–H groups in total. The van der Waals surface area contributed by atoms with Crippen LogP contribution in [0.2, 0.25) is 0 Å². The van der Waals surface area contributed by atoms with Crippen LogP contribution < -0.4 is 9.80 Å². The number of hydrogen-bond acceptors (Lipinski definition) is 9. The maximum Gasteiger partial charge on any atom is 0.343 e. The van der Waals surface area contributed by atoms with Gasteiger partial charge in [0.2, 0.25) is 5.82 Å². The molecule has 1 aromatic carbocycles. The van der Waals surface area contributed by atoms with Crippen LogP contribution in [0.5, 0.6) is 0 Å². The van der Waals surface area contributed by atoms with Crippen LogP contribution in [-0.2, 0) is 0 Å². The Morgan fingerprint density at radius 1 is 0.844 bits per heavy atom. The number of para-hydroxylation sites is 1. The summed E-state index contributed by atoms with van der Waals surface area (Å²) in [5, 5.41) is 13.4. The molecule has 1 fully saturated rings. The molecule has 0 atom stereocenters. The van der Waals surface area contributed by atoms with Crippen molar-refractivity contribution in [1.82, 2.24) is 19.9 Å². The van der Waals surface area contributed by atoms with E-state index in [2.05, 4.69) is 24.8 Å². The van der Waals surface area contributed by atoms with Crippen LogP contribution in [0.4, 0.5) is 17.3 Å². The average Bonchev–Trinajstić information content (AvgIpc) is 2.85. The van der Waals surface area contributed by atoms with E-state index < -0.39 is 0 Å². The molecule has 32 heavy (non-hydrogen) atoms. The lowest BCUT2D eigenvalue weighted by Gasteiger charge is -2.35. The molecule has 0 aliphatic carbocycles. The van der Waals surface area contributed by atoms with E-state index in [1.54, 1.807) is 12.4 Å². The topological polar surface area (TPSA) is 101 Å². The normalized spacial score (nSPS) is 14.0. The van der Waals surface area contributed by atoms with Gasteiger partial charge in [-0.05, 0) is 24.3 Å². The number of benzene rings is 1. The standard InChI is InChI=1S/C22H19N7O2S/c30-29(31)20-21(28-13-11-27(12-14-28)18-8-1-2-9-23-18)25-15-26-22(20)32-17-7-3-5-16-6-4-10-24-19(16)17/h1-10,15H,11-14H2. The molecule has 1 aliphatic rings. The molecule has 0 unspecified atom stereocenters. The molecule has 0 spiro atoms. The highest BCUT2D eigenvalue weighted by molar-refractivity contribution is 7.99. The lowest BCUT2D eigenvalue weighted by Crippen LogP contribution is -2.47. The van der Waals surface area contributed by atoms with Crippen LogP contribution in [-0.4, -0.2) is 51.0 Å². The Labute approximate surface area is 188 Å². The summed E-state index contributed by atoms with van der Waals surface area (Å²) in [6, 6.07) is 15.4. The highest BCUT2D eigenvalue weighted by Gasteiger charge is 2.30. The number of piperazine rings is 1. The lowest BCUT2D eigenvalue weighted by atomic mass is 10.2. The van der Waals surface area contributed by atoms with Gasteiger partial charge in [-0.15, -0.1) is 0 Å². The van der Waals surface area contributed by atoms with Gasteiger partial charge in [0.15, 0.2) is 5.03 Å². The second-order valence-electron chi connectivity index (χ2n) is 7.20. The largest absolute Gasteiger partial charge is 0.353 e. The van der Waals surface area contributed by atoms with Crippen LogP contribution in [0.1, 0.15) is 0 Å². The second kappa shape index (κ2) is 8.75.